The van der Waals surface area contributed by atoms with Crippen molar-refractivity contribution in [3.63, 3.8) is 0 Å². The Kier molecular flexibility index (Phi) is 9.10. The van der Waals surface area contributed by atoms with Gasteiger partial charge in [-0.1, -0.05) is 55.3 Å². The van der Waals surface area contributed by atoms with Crippen molar-refractivity contribution >= 4 is 35.3 Å². The number of carbonyl (C=O) groups excluding carboxylic acids is 4. The largest absolute Gasteiger partial charge is 0.480 e. The normalized spacial score (nSPS) is 20.5. The van der Waals surface area contributed by atoms with E-state index in [2.05, 4.69) is 10.6 Å². The van der Waals surface area contributed by atoms with Gasteiger partial charge in [-0.05, 0) is 49.4 Å². The first-order valence-electron chi connectivity index (χ1n) is 14.1. The summed E-state index contributed by atoms with van der Waals surface area (Å²) in [7, 11) is 0. The van der Waals surface area contributed by atoms with Crippen LogP contribution in [0.5, 0.6) is 0 Å². The molecule has 1 aliphatic carbocycles. The average molecular weight is 563 g/mol. The quantitative estimate of drug-likeness (QED) is 0.407. The molecule has 1 aliphatic heterocycles. The molecule has 2 unspecified atom stereocenters. The molecule has 218 valence electrons. The number of carboxylic acids is 1. The van der Waals surface area contributed by atoms with Gasteiger partial charge in [0.25, 0.3) is 5.91 Å². The van der Waals surface area contributed by atoms with Gasteiger partial charge in [-0.3, -0.25) is 24.1 Å². The average Bonchev–Trinajstić information content (AvgIpc) is 3.52. The van der Waals surface area contributed by atoms with Crippen LogP contribution in [0.25, 0.3) is 0 Å². The van der Waals surface area contributed by atoms with Gasteiger partial charge in [0.2, 0.25) is 17.7 Å². The molecule has 1 heterocycles. The summed E-state index contributed by atoms with van der Waals surface area (Å²) >= 11 is 0. The van der Waals surface area contributed by atoms with Gasteiger partial charge in [-0.15, -0.1) is 0 Å². The Hall–Kier alpha value is -4.21. The highest BCUT2D eigenvalue weighted by Gasteiger charge is 2.46. The minimum absolute atomic E-state index is 0.0646. The van der Waals surface area contributed by atoms with E-state index in [0.29, 0.717) is 37.1 Å². The second-order valence-corrected chi connectivity index (χ2v) is 11.1. The maximum absolute atomic E-state index is 13.3. The number of carboxylic acid groups (broad SMARTS) is 1. The predicted molar refractivity (Wildman–Crippen MR) is 153 cm³/mol. The van der Waals surface area contributed by atoms with Crippen LogP contribution in [-0.2, 0) is 30.4 Å². The zero-order valence-electron chi connectivity index (χ0n) is 23.8. The summed E-state index contributed by atoms with van der Waals surface area (Å²) in [5, 5.41) is 15.4. The van der Waals surface area contributed by atoms with E-state index in [1.807, 2.05) is 30.3 Å². The van der Waals surface area contributed by atoms with Crippen LogP contribution in [-0.4, -0.2) is 58.2 Å². The molecular weight excluding hydrogens is 524 g/mol. The van der Waals surface area contributed by atoms with Crippen LogP contribution in [0.1, 0.15) is 70.2 Å². The molecule has 4 amide bonds. The molecule has 2 aliphatic rings. The molecule has 10 heteroatoms. The summed E-state index contributed by atoms with van der Waals surface area (Å²) in [5.74, 6) is -2.02. The molecule has 0 radical (unpaired) electrons. The van der Waals surface area contributed by atoms with Crippen LogP contribution in [0.2, 0.25) is 0 Å². The number of hydrogen-bond acceptors (Lipinski definition) is 5. The van der Waals surface area contributed by atoms with Crippen molar-refractivity contribution in [3.8, 4) is 0 Å². The van der Waals surface area contributed by atoms with Gasteiger partial charge in [0.15, 0.2) is 0 Å². The van der Waals surface area contributed by atoms with Crippen molar-refractivity contribution in [1.82, 2.24) is 15.5 Å². The third-order valence-corrected chi connectivity index (χ3v) is 8.26. The van der Waals surface area contributed by atoms with E-state index in [1.165, 1.54) is 13.8 Å². The number of benzene rings is 2. The standard InChI is InChI=1S/C31H38N4O6/c1-20-28(38)35(27(34(20)22(3)37)24-9-5-4-6-10-24)25-13-11-23(12-14-25)19-26(29(39)40)33-30(41)31(15-7-8-16-31)17-18-32-21(2)36/h4-6,9-14,20,26-27H,7-8,15-19H2,1-3H3,(H,32,36)(H,33,41)(H,39,40)/t20-,26?,27?/m1/s1. The number of nitrogens with zero attached hydrogens (tertiary/aromatic N) is 2. The predicted octanol–water partition coefficient (Wildman–Crippen LogP) is 3.17. The van der Waals surface area contributed by atoms with Gasteiger partial charge >= 0.3 is 5.97 Å². The molecule has 3 N–H and O–H groups in total. The summed E-state index contributed by atoms with van der Waals surface area (Å²) in [6.45, 7) is 4.94. The molecule has 0 spiro atoms. The van der Waals surface area contributed by atoms with Gasteiger partial charge in [0.1, 0.15) is 18.2 Å². The lowest BCUT2D eigenvalue weighted by Crippen LogP contribution is -2.49. The molecule has 1 saturated carbocycles. The lowest BCUT2D eigenvalue weighted by molar-refractivity contribution is -0.144. The van der Waals surface area contributed by atoms with Crippen LogP contribution >= 0.6 is 0 Å². The molecule has 0 aromatic heterocycles. The topological polar surface area (TPSA) is 136 Å². The van der Waals surface area contributed by atoms with Crippen LogP contribution in [0, 0.1) is 5.41 Å². The molecule has 1 saturated heterocycles. The third kappa shape index (κ3) is 6.42. The lowest BCUT2D eigenvalue weighted by atomic mass is 9.81. The number of amides is 4. The highest BCUT2D eigenvalue weighted by atomic mass is 16.4. The number of hydrogen-bond donors (Lipinski definition) is 3. The maximum Gasteiger partial charge on any atom is 0.326 e. The number of nitrogens with one attached hydrogen (secondary N) is 2. The van der Waals surface area contributed by atoms with Crippen molar-refractivity contribution in [2.75, 3.05) is 11.4 Å². The first-order valence-corrected chi connectivity index (χ1v) is 14.1. The Bertz CT molecular complexity index is 1290. The zero-order chi connectivity index (χ0) is 29.7. The van der Waals surface area contributed by atoms with Crippen molar-refractivity contribution in [3.05, 3.63) is 65.7 Å². The molecular formula is C31H38N4O6. The zero-order valence-corrected chi connectivity index (χ0v) is 23.8. The van der Waals surface area contributed by atoms with Crippen LogP contribution < -0.4 is 15.5 Å². The van der Waals surface area contributed by atoms with Crippen molar-refractivity contribution in [2.45, 2.75) is 77.5 Å². The Labute approximate surface area is 240 Å². The fourth-order valence-corrected chi connectivity index (χ4v) is 6.09. The number of carbonyl (C=O) groups is 5. The SMILES string of the molecule is CC(=O)NCCC1(C(=O)NC(Cc2ccc(N3C(=O)[C@@H](C)N(C(C)=O)C3c3ccccc3)cc2)C(=O)O)CCCC1. The smallest absolute Gasteiger partial charge is 0.326 e. The van der Waals surface area contributed by atoms with E-state index in [0.717, 1.165) is 18.4 Å². The van der Waals surface area contributed by atoms with Gasteiger partial charge in [0.05, 0.1) is 5.41 Å². The lowest BCUT2D eigenvalue weighted by Gasteiger charge is -2.31. The van der Waals surface area contributed by atoms with E-state index in [1.54, 1.807) is 41.0 Å². The molecule has 4 rings (SSSR count). The Balaban J connectivity index is 1.51. The van der Waals surface area contributed by atoms with E-state index in [9.17, 15) is 29.1 Å². The van der Waals surface area contributed by atoms with E-state index >= 15 is 0 Å². The highest BCUT2D eigenvalue weighted by Crippen LogP contribution is 2.41. The molecule has 2 aromatic carbocycles. The van der Waals surface area contributed by atoms with E-state index in [4.69, 9.17) is 0 Å². The number of rotatable bonds is 10. The van der Waals surface area contributed by atoms with Crippen molar-refractivity contribution in [1.29, 1.82) is 0 Å². The van der Waals surface area contributed by atoms with Crippen LogP contribution in [0.15, 0.2) is 54.6 Å². The van der Waals surface area contributed by atoms with Crippen LogP contribution in [0.3, 0.4) is 0 Å². The minimum atomic E-state index is -1.14. The van der Waals surface area contributed by atoms with Crippen molar-refractivity contribution in [2.24, 2.45) is 5.41 Å². The van der Waals surface area contributed by atoms with Crippen LogP contribution in [0.4, 0.5) is 5.69 Å². The Morgan fingerprint density at radius 2 is 1.63 bits per heavy atom. The fraction of sp³-hybridized carbons (Fsp3) is 0.452. The van der Waals surface area contributed by atoms with Gasteiger partial charge in [0, 0.05) is 32.5 Å². The summed E-state index contributed by atoms with van der Waals surface area (Å²) in [5.41, 5.74) is 1.38. The summed E-state index contributed by atoms with van der Waals surface area (Å²) < 4.78 is 0. The summed E-state index contributed by atoms with van der Waals surface area (Å²) in [6, 6.07) is 14.5. The third-order valence-electron chi connectivity index (χ3n) is 8.26. The van der Waals surface area contributed by atoms with Gasteiger partial charge in [-0.2, -0.15) is 0 Å². The highest BCUT2D eigenvalue weighted by molar-refractivity contribution is 6.03. The minimum Gasteiger partial charge on any atom is -0.480 e. The van der Waals surface area contributed by atoms with E-state index < -0.39 is 29.6 Å². The Morgan fingerprint density at radius 3 is 2.20 bits per heavy atom. The van der Waals surface area contributed by atoms with E-state index in [-0.39, 0.29) is 30.0 Å². The molecule has 2 aromatic rings. The first-order chi connectivity index (χ1) is 19.5. The first kappa shape index (κ1) is 29.8. The molecule has 0 bridgehead atoms. The molecule has 2 fully saturated rings. The number of aliphatic carboxylic acids is 1. The molecule has 3 atom stereocenters. The second kappa shape index (κ2) is 12.5. The summed E-state index contributed by atoms with van der Waals surface area (Å²) in [4.78, 5) is 65.8. The monoisotopic (exact) mass is 562 g/mol. The molecule has 10 nitrogen and oxygen atoms in total. The van der Waals surface area contributed by atoms with Gasteiger partial charge in [-0.25, -0.2) is 4.79 Å². The Morgan fingerprint density at radius 1 is 1.00 bits per heavy atom. The maximum atomic E-state index is 13.3. The van der Waals surface area contributed by atoms with Crippen molar-refractivity contribution < 1.29 is 29.1 Å². The molecule has 41 heavy (non-hydrogen) atoms. The fourth-order valence-electron chi connectivity index (χ4n) is 6.09. The second-order valence-electron chi connectivity index (χ2n) is 11.1. The number of anilines is 1. The van der Waals surface area contributed by atoms with Gasteiger partial charge < -0.3 is 20.6 Å². The summed E-state index contributed by atoms with van der Waals surface area (Å²) in [6.07, 6.45) is 2.99.